The molecular formula is C17H16N4O4. The molecule has 1 aromatic heterocycles. The van der Waals surface area contributed by atoms with Crippen molar-refractivity contribution in [2.24, 2.45) is 0 Å². The average Bonchev–Trinajstić information content (AvgIpc) is 2.88. The number of rotatable bonds is 4. The molecule has 2 aromatic rings. The maximum absolute atomic E-state index is 12.4. The van der Waals surface area contributed by atoms with Gasteiger partial charge < -0.3 is 15.4 Å². The SMILES string of the molecule is COc1ncccc1C(=O)Nc1cccc(C2(C)NC(=O)NC2=O)c1. The van der Waals surface area contributed by atoms with Gasteiger partial charge in [0.2, 0.25) is 5.88 Å². The molecule has 8 nitrogen and oxygen atoms in total. The van der Waals surface area contributed by atoms with Crippen LogP contribution in [0, 0.1) is 0 Å². The van der Waals surface area contributed by atoms with Crippen LogP contribution in [-0.4, -0.2) is 29.9 Å². The molecule has 0 spiro atoms. The summed E-state index contributed by atoms with van der Waals surface area (Å²) < 4.78 is 5.08. The molecule has 25 heavy (non-hydrogen) atoms. The molecule has 4 amide bonds. The minimum atomic E-state index is -1.19. The summed E-state index contributed by atoms with van der Waals surface area (Å²) in [6.07, 6.45) is 1.53. The Morgan fingerprint density at radius 1 is 1.24 bits per heavy atom. The van der Waals surface area contributed by atoms with Crippen LogP contribution >= 0.6 is 0 Å². The first-order chi connectivity index (χ1) is 11.9. The molecule has 8 heteroatoms. The van der Waals surface area contributed by atoms with Crippen LogP contribution < -0.4 is 20.7 Å². The van der Waals surface area contributed by atoms with Gasteiger partial charge in [-0.15, -0.1) is 0 Å². The summed E-state index contributed by atoms with van der Waals surface area (Å²) in [6, 6.07) is 9.38. The van der Waals surface area contributed by atoms with E-state index in [0.29, 0.717) is 11.3 Å². The number of hydrogen-bond donors (Lipinski definition) is 3. The fourth-order valence-electron chi connectivity index (χ4n) is 2.58. The predicted molar refractivity (Wildman–Crippen MR) is 89.2 cm³/mol. The standard InChI is InChI=1S/C17H16N4O4/c1-17(15(23)20-16(24)21-17)10-5-3-6-11(9-10)19-13(22)12-7-4-8-18-14(12)25-2/h3-9H,1-2H3,(H,19,22)(H2,20,21,23,24). The van der Waals surface area contributed by atoms with Crippen LogP contribution in [0.1, 0.15) is 22.8 Å². The van der Waals surface area contributed by atoms with Crippen molar-refractivity contribution in [3.05, 3.63) is 53.7 Å². The first-order valence-electron chi connectivity index (χ1n) is 7.48. The molecule has 0 aliphatic carbocycles. The Morgan fingerprint density at radius 3 is 2.72 bits per heavy atom. The Balaban J connectivity index is 1.86. The Hall–Kier alpha value is -3.42. The Kier molecular flexibility index (Phi) is 4.10. The summed E-state index contributed by atoms with van der Waals surface area (Å²) >= 11 is 0. The zero-order valence-corrected chi connectivity index (χ0v) is 13.6. The van der Waals surface area contributed by atoms with Crippen LogP contribution in [0.3, 0.4) is 0 Å². The molecule has 1 aliphatic rings. The van der Waals surface area contributed by atoms with Crippen LogP contribution in [0.25, 0.3) is 0 Å². The summed E-state index contributed by atoms with van der Waals surface area (Å²) in [6.45, 7) is 1.60. The number of carbonyl (C=O) groups is 3. The minimum absolute atomic E-state index is 0.213. The molecule has 1 unspecified atom stereocenters. The van der Waals surface area contributed by atoms with E-state index in [9.17, 15) is 14.4 Å². The highest BCUT2D eigenvalue weighted by atomic mass is 16.5. The van der Waals surface area contributed by atoms with Gasteiger partial charge in [0.25, 0.3) is 11.8 Å². The van der Waals surface area contributed by atoms with E-state index in [1.54, 1.807) is 43.3 Å². The fraction of sp³-hybridized carbons (Fsp3) is 0.176. The number of carbonyl (C=O) groups excluding carboxylic acids is 3. The van der Waals surface area contributed by atoms with Crippen molar-refractivity contribution in [1.29, 1.82) is 0 Å². The molecule has 3 rings (SSSR count). The number of anilines is 1. The normalized spacial score (nSPS) is 19.1. The van der Waals surface area contributed by atoms with E-state index in [1.807, 2.05) is 0 Å². The smallest absolute Gasteiger partial charge is 0.322 e. The number of pyridine rings is 1. The zero-order chi connectivity index (χ0) is 18.0. The number of amides is 4. The maximum atomic E-state index is 12.4. The quantitative estimate of drug-likeness (QED) is 0.729. The van der Waals surface area contributed by atoms with E-state index in [-0.39, 0.29) is 11.4 Å². The van der Waals surface area contributed by atoms with Gasteiger partial charge in [-0.1, -0.05) is 12.1 Å². The molecule has 3 N–H and O–H groups in total. The lowest BCUT2D eigenvalue weighted by molar-refractivity contribution is -0.123. The number of nitrogens with one attached hydrogen (secondary N) is 3. The van der Waals surface area contributed by atoms with Crippen LogP contribution in [0.4, 0.5) is 10.5 Å². The van der Waals surface area contributed by atoms with Gasteiger partial charge in [0.05, 0.1) is 7.11 Å². The van der Waals surface area contributed by atoms with E-state index < -0.39 is 23.4 Å². The van der Waals surface area contributed by atoms with E-state index >= 15 is 0 Å². The minimum Gasteiger partial charge on any atom is -0.480 e. The highest BCUT2D eigenvalue weighted by molar-refractivity contribution is 6.08. The first-order valence-corrected chi connectivity index (χ1v) is 7.48. The molecule has 2 heterocycles. The summed E-state index contributed by atoms with van der Waals surface area (Å²) in [4.78, 5) is 39.9. The van der Waals surface area contributed by atoms with Gasteiger partial charge >= 0.3 is 6.03 Å². The molecule has 1 saturated heterocycles. The number of hydrogen-bond acceptors (Lipinski definition) is 5. The molecule has 0 bridgehead atoms. The second kappa shape index (κ2) is 6.23. The summed E-state index contributed by atoms with van der Waals surface area (Å²) in [5, 5.41) is 7.53. The van der Waals surface area contributed by atoms with Crippen molar-refractivity contribution in [1.82, 2.24) is 15.6 Å². The third kappa shape index (κ3) is 3.01. The monoisotopic (exact) mass is 340 g/mol. The number of imide groups is 1. The van der Waals surface area contributed by atoms with Crippen molar-refractivity contribution in [3.8, 4) is 5.88 Å². The fourth-order valence-corrected chi connectivity index (χ4v) is 2.58. The van der Waals surface area contributed by atoms with E-state index in [2.05, 4.69) is 20.9 Å². The summed E-state index contributed by atoms with van der Waals surface area (Å²) in [7, 11) is 1.43. The topological polar surface area (TPSA) is 109 Å². The predicted octanol–water partition coefficient (Wildman–Crippen LogP) is 1.40. The highest BCUT2D eigenvalue weighted by Gasteiger charge is 2.43. The van der Waals surface area contributed by atoms with Crippen molar-refractivity contribution in [2.75, 3.05) is 12.4 Å². The lowest BCUT2D eigenvalue weighted by Gasteiger charge is -2.21. The molecule has 0 saturated carbocycles. The number of methoxy groups -OCH3 is 1. The molecule has 1 aromatic carbocycles. The second-order valence-electron chi connectivity index (χ2n) is 5.63. The largest absolute Gasteiger partial charge is 0.480 e. The Labute approximate surface area is 143 Å². The van der Waals surface area contributed by atoms with Crippen LogP contribution in [0.5, 0.6) is 5.88 Å². The molecule has 1 fully saturated rings. The van der Waals surface area contributed by atoms with Gasteiger partial charge in [0.15, 0.2) is 0 Å². The van der Waals surface area contributed by atoms with Gasteiger partial charge in [-0.3, -0.25) is 14.9 Å². The molecule has 0 radical (unpaired) electrons. The van der Waals surface area contributed by atoms with E-state index in [1.165, 1.54) is 13.3 Å². The van der Waals surface area contributed by atoms with Gasteiger partial charge in [-0.2, -0.15) is 0 Å². The van der Waals surface area contributed by atoms with E-state index in [0.717, 1.165) is 0 Å². The van der Waals surface area contributed by atoms with Gasteiger partial charge in [-0.25, -0.2) is 9.78 Å². The van der Waals surface area contributed by atoms with Crippen molar-refractivity contribution in [3.63, 3.8) is 0 Å². The number of urea groups is 1. The number of aromatic nitrogens is 1. The molecule has 128 valence electrons. The Bertz CT molecular complexity index is 867. The van der Waals surface area contributed by atoms with Crippen LogP contribution in [0.15, 0.2) is 42.6 Å². The van der Waals surface area contributed by atoms with Crippen molar-refractivity contribution in [2.45, 2.75) is 12.5 Å². The summed E-state index contributed by atoms with van der Waals surface area (Å²) in [5.74, 6) is -0.632. The molecule has 1 atom stereocenters. The zero-order valence-electron chi connectivity index (χ0n) is 13.6. The average molecular weight is 340 g/mol. The Morgan fingerprint density at radius 2 is 2.04 bits per heavy atom. The molecular weight excluding hydrogens is 324 g/mol. The molecule has 1 aliphatic heterocycles. The second-order valence-corrected chi connectivity index (χ2v) is 5.63. The first kappa shape index (κ1) is 16.4. The third-order valence-electron chi connectivity index (χ3n) is 3.95. The highest BCUT2D eigenvalue weighted by Crippen LogP contribution is 2.27. The summed E-state index contributed by atoms with van der Waals surface area (Å²) in [5.41, 5.74) is 0.119. The third-order valence-corrected chi connectivity index (χ3v) is 3.95. The van der Waals surface area contributed by atoms with Crippen molar-refractivity contribution >= 4 is 23.5 Å². The lowest BCUT2D eigenvalue weighted by Crippen LogP contribution is -2.40. The van der Waals surface area contributed by atoms with Gasteiger partial charge in [0, 0.05) is 11.9 Å². The number of benzene rings is 1. The number of nitrogens with zero attached hydrogens (tertiary/aromatic N) is 1. The van der Waals surface area contributed by atoms with Crippen LogP contribution in [0.2, 0.25) is 0 Å². The maximum Gasteiger partial charge on any atom is 0.322 e. The van der Waals surface area contributed by atoms with Gasteiger partial charge in [-0.05, 0) is 36.8 Å². The van der Waals surface area contributed by atoms with Crippen molar-refractivity contribution < 1.29 is 19.1 Å². The number of ether oxygens (including phenoxy) is 1. The lowest BCUT2D eigenvalue weighted by atomic mass is 9.92. The van der Waals surface area contributed by atoms with Crippen LogP contribution in [-0.2, 0) is 10.3 Å². The van der Waals surface area contributed by atoms with E-state index in [4.69, 9.17) is 4.74 Å². The van der Waals surface area contributed by atoms with Gasteiger partial charge in [0.1, 0.15) is 11.1 Å².